The van der Waals surface area contributed by atoms with Gasteiger partial charge < -0.3 is 0 Å². The van der Waals surface area contributed by atoms with E-state index in [0.29, 0.717) is 0 Å². The summed E-state index contributed by atoms with van der Waals surface area (Å²) < 4.78 is 1.62. The van der Waals surface area contributed by atoms with Gasteiger partial charge in [-0.2, -0.15) is 0 Å². The van der Waals surface area contributed by atoms with Gasteiger partial charge in [0, 0.05) is 0 Å². The van der Waals surface area contributed by atoms with Gasteiger partial charge in [0.1, 0.15) is 0 Å². The Morgan fingerprint density at radius 3 is 2.55 bits per heavy atom. The third-order valence-corrected chi connectivity index (χ3v) is 5.94. The first-order chi connectivity index (χ1) is 9.49. The van der Waals surface area contributed by atoms with Gasteiger partial charge in [0.25, 0.3) is 0 Å². The van der Waals surface area contributed by atoms with Crippen LogP contribution in [-0.2, 0) is 0 Å². The van der Waals surface area contributed by atoms with Gasteiger partial charge >= 0.3 is 125 Å². The van der Waals surface area contributed by atoms with Crippen molar-refractivity contribution < 1.29 is 36.0 Å². The van der Waals surface area contributed by atoms with E-state index in [1.807, 2.05) is 6.92 Å². The molecule has 2 aromatic carbocycles. The van der Waals surface area contributed by atoms with E-state index in [4.69, 9.17) is 5.11 Å². The molecule has 2 aromatic rings. The quantitative estimate of drug-likeness (QED) is 0.447. The van der Waals surface area contributed by atoms with Gasteiger partial charge in [-0.1, -0.05) is 0 Å². The number of aryl methyl sites for hydroxylation is 1. The Bertz CT molecular complexity index is 685. The van der Waals surface area contributed by atoms with Crippen LogP contribution >= 0.6 is 0 Å². The third-order valence-electron chi connectivity index (χ3n) is 2.67. The molecular formula is C14H11INO4-. The predicted octanol–water partition coefficient (Wildman–Crippen LogP) is -0.270. The summed E-state index contributed by atoms with van der Waals surface area (Å²) in [4.78, 5) is 21.6. The Morgan fingerprint density at radius 2 is 1.90 bits per heavy atom. The summed E-state index contributed by atoms with van der Waals surface area (Å²) in [5.41, 5.74) is 1.26. The van der Waals surface area contributed by atoms with E-state index in [1.165, 1.54) is 6.07 Å². The van der Waals surface area contributed by atoms with Gasteiger partial charge in [-0.15, -0.1) is 0 Å². The number of hydrogen-bond donors (Lipinski definition) is 1. The second-order valence-corrected chi connectivity index (χ2v) is 6.93. The molecule has 0 aliphatic rings. The van der Waals surface area contributed by atoms with Crippen LogP contribution in [0.4, 0.5) is 5.69 Å². The van der Waals surface area contributed by atoms with E-state index in [2.05, 4.69) is 0 Å². The minimum absolute atomic E-state index is 0.0399. The van der Waals surface area contributed by atoms with Crippen LogP contribution in [0.3, 0.4) is 0 Å². The van der Waals surface area contributed by atoms with E-state index >= 15 is 0 Å². The number of non-ortho nitro benzene ring substituents is 1. The molecule has 1 N–H and O–H groups in total. The van der Waals surface area contributed by atoms with Crippen LogP contribution in [0.25, 0.3) is 0 Å². The Morgan fingerprint density at radius 1 is 1.20 bits per heavy atom. The number of carboxylic acid groups (broad SMARTS) is 1. The number of aromatic carboxylic acids is 1. The van der Waals surface area contributed by atoms with Gasteiger partial charge in [0.2, 0.25) is 0 Å². The maximum absolute atomic E-state index is 11.2. The predicted molar refractivity (Wildman–Crippen MR) is 68.6 cm³/mol. The van der Waals surface area contributed by atoms with Gasteiger partial charge in [0.05, 0.1) is 0 Å². The van der Waals surface area contributed by atoms with Crippen LogP contribution in [-0.4, -0.2) is 16.0 Å². The number of nitrogens with zero attached hydrogens (tertiary/aromatic N) is 1. The molecule has 0 aliphatic heterocycles. The molecule has 0 spiro atoms. The first-order valence-electron chi connectivity index (χ1n) is 5.71. The van der Waals surface area contributed by atoms with Crippen molar-refractivity contribution in [1.82, 2.24) is 0 Å². The Labute approximate surface area is 125 Å². The number of nitro benzene ring substituents is 1. The molecule has 0 atom stereocenters. The van der Waals surface area contributed by atoms with Crippen LogP contribution in [0, 0.1) is 24.2 Å². The van der Waals surface area contributed by atoms with E-state index < -0.39 is 32.1 Å². The molecule has 0 radical (unpaired) electrons. The number of hydrogen-bond acceptors (Lipinski definition) is 3. The van der Waals surface area contributed by atoms with Crippen molar-refractivity contribution in [3.05, 3.63) is 70.8 Å². The van der Waals surface area contributed by atoms with Crippen LogP contribution in [0.1, 0.15) is 15.9 Å². The zero-order valence-corrected chi connectivity index (χ0v) is 12.7. The van der Waals surface area contributed by atoms with Crippen LogP contribution in [0.2, 0.25) is 0 Å². The van der Waals surface area contributed by atoms with Crippen LogP contribution < -0.4 is 21.2 Å². The molecular weight excluding hydrogens is 373 g/mol. The zero-order chi connectivity index (χ0) is 14.7. The van der Waals surface area contributed by atoms with E-state index in [0.717, 1.165) is 12.7 Å². The van der Waals surface area contributed by atoms with Crippen molar-refractivity contribution in [2.75, 3.05) is 0 Å². The first kappa shape index (κ1) is 14.4. The van der Waals surface area contributed by atoms with Crippen molar-refractivity contribution in [3.63, 3.8) is 0 Å². The number of carboxylic acids is 1. The Balaban J connectivity index is 2.42. The monoisotopic (exact) mass is 384 g/mol. The van der Waals surface area contributed by atoms with E-state index in [1.54, 1.807) is 36.4 Å². The summed E-state index contributed by atoms with van der Waals surface area (Å²) >= 11 is -0.776. The van der Waals surface area contributed by atoms with Crippen LogP contribution in [0.5, 0.6) is 0 Å². The number of carbonyl (C=O) groups is 1. The molecule has 0 amide bonds. The van der Waals surface area contributed by atoms with Crippen molar-refractivity contribution in [2.24, 2.45) is 0 Å². The Hall–Kier alpha value is -1.96. The second-order valence-electron chi connectivity index (χ2n) is 4.07. The van der Waals surface area contributed by atoms with Gasteiger partial charge in [0.15, 0.2) is 0 Å². The maximum atomic E-state index is 11.2. The molecule has 0 heterocycles. The Kier molecular flexibility index (Phi) is 4.33. The zero-order valence-electron chi connectivity index (χ0n) is 10.5. The molecule has 0 saturated carbocycles. The van der Waals surface area contributed by atoms with E-state index in [-0.39, 0.29) is 11.3 Å². The van der Waals surface area contributed by atoms with Crippen molar-refractivity contribution in [2.45, 2.75) is 6.92 Å². The third kappa shape index (κ3) is 3.13. The first-order valence-corrected chi connectivity index (χ1v) is 7.87. The SMILES string of the molecule is Cc1ccc([N+](=O)[O-])cc1[I-]c1ccccc1C(=O)O. The van der Waals surface area contributed by atoms with Crippen molar-refractivity contribution in [1.29, 1.82) is 0 Å². The molecule has 0 aromatic heterocycles. The van der Waals surface area contributed by atoms with Gasteiger partial charge in [-0.05, 0) is 0 Å². The normalized spacial score (nSPS) is 10.4. The van der Waals surface area contributed by atoms with Crippen molar-refractivity contribution in [3.8, 4) is 0 Å². The molecule has 0 aliphatic carbocycles. The number of nitro groups is 1. The molecule has 104 valence electrons. The second kappa shape index (κ2) is 6.00. The molecule has 0 bridgehead atoms. The molecule has 6 heteroatoms. The number of halogens is 1. The average molecular weight is 384 g/mol. The number of benzene rings is 2. The molecule has 0 fully saturated rings. The fourth-order valence-corrected chi connectivity index (χ4v) is 4.42. The van der Waals surface area contributed by atoms with Gasteiger partial charge in [-0.3, -0.25) is 0 Å². The summed E-state index contributed by atoms with van der Waals surface area (Å²) in [5.74, 6) is -0.969. The fraction of sp³-hybridized carbons (Fsp3) is 0.0714. The summed E-state index contributed by atoms with van der Waals surface area (Å²) in [6, 6.07) is 11.5. The van der Waals surface area contributed by atoms with E-state index in [9.17, 15) is 14.9 Å². The molecule has 0 saturated heterocycles. The fourth-order valence-electron chi connectivity index (χ4n) is 1.62. The minimum atomic E-state index is -0.969. The summed E-state index contributed by atoms with van der Waals surface area (Å²) in [7, 11) is 0. The van der Waals surface area contributed by atoms with Crippen molar-refractivity contribution >= 4 is 11.7 Å². The summed E-state index contributed by atoms with van der Waals surface area (Å²) in [6.07, 6.45) is 0. The van der Waals surface area contributed by atoms with Crippen LogP contribution in [0.15, 0.2) is 42.5 Å². The molecule has 20 heavy (non-hydrogen) atoms. The standard InChI is InChI=1S/C14H11INO4/c1-9-6-7-10(16(19)20)8-13(9)15-12-5-3-2-4-11(12)14(17)18/h2-8H,1H3,(H,17,18)/q-1. The topological polar surface area (TPSA) is 80.4 Å². The molecule has 5 nitrogen and oxygen atoms in total. The molecule has 0 unspecified atom stereocenters. The summed E-state index contributed by atoms with van der Waals surface area (Å²) in [5, 5.41) is 20.0. The molecule has 2 rings (SSSR count). The summed E-state index contributed by atoms with van der Waals surface area (Å²) in [6.45, 7) is 1.88. The average Bonchev–Trinajstić information content (AvgIpc) is 2.41. The number of rotatable bonds is 4. The van der Waals surface area contributed by atoms with Gasteiger partial charge in [-0.25, -0.2) is 0 Å².